The van der Waals surface area contributed by atoms with E-state index in [1.807, 2.05) is 18.2 Å². The molecule has 21 heavy (non-hydrogen) atoms. The number of anilines is 2. The van der Waals surface area contributed by atoms with Crippen LogP contribution < -0.4 is 10.0 Å². The van der Waals surface area contributed by atoms with E-state index in [1.54, 1.807) is 24.4 Å². The Morgan fingerprint density at radius 2 is 2.00 bits per heavy atom. The van der Waals surface area contributed by atoms with Crippen molar-refractivity contribution in [2.45, 2.75) is 4.90 Å². The molecule has 0 spiro atoms. The SMILES string of the molecule is CN(c1cccnc1)S(=O)(=O)CCSc1ccccc1N. The van der Waals surface area contributed by atoms with Gasteiger partial charge < -0.3 is 5.73 Å². The topological polar surface area (TPSA) is 76.3 Å². The van der Waals surface area contributed by atoms with Gasteiger partial charge in [0.05, 0.1) is 17.6 Å². The number of para-hydroxylation sites is 1. The number of sulfonamides is 1. The molecule has 2 rings (SSSR count). The molecule has 0 aliphatic heterocycles. The first kappa shape index (κ1) is 15.7. The third-order valence-electron chi connectivity index (χ3n) is 2.94. The number of hydrogen-bond donors (Lipinski definition) is 1. The Kier molecular flexibility index (Phi) is 5.08. The monoisotopic (exact) mass is 323 g/mol. The molecule has 112 valence electrons. The summed E-state index contributed by atoms with van der Waals surface area (Å²) in [5, 5.41) is 0. The van der Waals surface area contributed by atoms with Crippen molar-refractivity contribution in [1.82, 2.24) is 4.98 Å². The van der Waals surface area contributed by atoms with Crippen LogP contribution in [0.3, 0.4) is 0 Å². The lowest BCUT2D eigenvalue weighted by Gasteiger charge is -2.18. The minimum absolute atomic E-state index is 0.0391. The lowest BCUT2D eigenvalue weighted by atomic mass is 10.3. The van der Waals surface area contributed by atoms with Crippen LogP contribution in [0.15, 0.2) is 53.7 Å². The fraction of sp³-hybridized carbons (Fsp3) is 0.214. The molecule has 1 heterocycles. The number of rotatable bonds is 6. The first-order valence-corrected chi connectivity index (χ1v) is 8.94. The summed E-state index contributed by atoms with van der Waals surface area (Å²) in [5.41, 5.74) is 7.06. The predicted octanol–water partition coefficient (Wildman–Crippen LogP) is 2.22. The number of nitrogens with two attached hydrogens (primary N) is 1. The third kappa shape index (κ3) is 4.12. The highest BCUT2D eigenvalue weighted by molar-refractivity contribution is 8.01. The Morgan fingerprint density at radius 1 is 1.24 bits per heavy atom. The van der Waals surface area contributed by atoms with Crippen LogP contribution in [-0.4, -0.2) is 32.0 Å². The van der Waals surface area contributed by atoms with Crippen molar-refractivity contribution in [2.24, 2.45) is 0 Å². The molecular weight excluding hydrogens is 306 g/mol. The Labute approximate surface area is 129 Å². The minimum Gasteiger partial charge on any atom is -0.398 e. The van der Waals surface area contributed by atoms with Crippen LogP contribution in [0.2, 0.25) is 0 Å². The Balaban J connectivity index is 1.97. The van der Waals surface area contributed by atoms with Gasteiger partial charge in [-0.1, -0.05) is 12.1 Å². The highest BCUT2D eigenvalue weighted by Crippen LogP contribution is 2.25. The molecule has 0 saturated carbocycles. The van der Waals surface area contributed by atoms with Crippen LogP contribution >= 0.6 is 11.8 Å². The molecule has 2 aromatic rings. The van der Waals surface area contributed by atoms with E-state index in [0.29, 0.717) is 17.1 Å². The van der Waals surface area contributed by atoms with E-state index in [4.69, 9.17) is 5.73 Å². The van der Waals surface area contributed by atoms with Crippen molar-refractivity contribution in [1.29, 1.82) is 0 Å². The van der Waals surface area contributed by atoms with Crippen LogP contribution in [0.4, 0.5) is 11.4 Å². The zero-order valence-corrected chi connectivity index (χ0v) is 13.3. The first-order chi connectivity index (χ1) is 10.0. The van der Waals surface area contributed by atoms with E-state index >= 15 is 0 Å². The number of aromatic nitrogens is 1. The molecule has 5 nitrogen and oxygen atoms in total. The Morgan fingerprint density at radius 3 is 2.67 bits per heavy atom. The smallest absolute Gasteiger partial charge is 0.235 e. The number of nitrogens with zero attached hydrogens (tertiary/aromatic N) is 2. The molecule has 1 aromatic carbocycles. The Hall–Kier alpha value is -1.73. The van der Waals surface area contributed by atoms with Crippen molar-refractivity contribution in [3.8, 4) is 0 Å². The zero-order chi connectivity index (χ0) is 15.3. The van der Waals surface area contributed by atoms with Crippen molar-refractivity contribution in [3.05, 3.63) is 48.8 Å². The second kappa shape index (κ2) is 6.82. The van der Waals surface area contributed by atoms with Crippen LogP contribution in [0.5, 0.6) is 0 Å². The summed E-state index contributed by atoms with van der Waals surface area (Å²) in [7, 11) is -1.83. The number of hydrogen-bond acceptors (Lipinski definition) is 5. The van der Waals surface area contributed by atoms with Gasteiger partial charge in [0.1, 0.15) is 0 Å². The van der Waals surface area contributed by atoms with Gasteiger partial charge in [0.2, 0.25) is 10.0 Å². The molecule has 0 atom stereocenters. The maximum Gasteiger partial charge on any atom is 0.235 e. The van der Waals surface area contributed by atoms with Gasteiger partial charge in [-0.15, -0.1) is 11.8 Å². The van der Waals surface area contributed by atoms with Crippen LogP contribution in [-0.2, 0) is 10.0 Å². The average molecular weight is 323 g/mol. The molecule has 0 unspecified atom stereocenters. The molecule has 0 amide bonds. The average Bonchev–Trinajstić information content (AvgIpc) is 2.49. The van der Waals surface area contributed by atoms with Crippen molar-refractivity contribution < 1.29 is 8.42 Å². The summed E-state index contributed by atoms with van der Waals surface area (Å²) < 4.78 is 25.8. The second-order valence-electron chi connectivity index (χ2n) is 4.38. The zero-order valence-electron chi connectivity index (χ0n) is 11.6. The van der Waals surface area contributed by atoms with E-state index in [0.717, 1.165) is 4.90 Å². The largest absolute Gasteiger partial charge is 0.398 e. The van der Waals surface area contributed by atoms with Crippen molar-refractivity contribution >= 4 is 33.2 Å². The molecular formula is C14H17N3O2S2. The van der Waals surface area contributed by atoms with Gasteiger partial charge in [0.15, 0.2) is 0 Å². The summed E-state index contributed by atoms with van der Waals surface area (Å²) >= 11 is 1.44. The summed E-state index contributed by atoms with van der Waals surface area (Å²) in [6, 6.07) is 10.9. The minimum atomic E-state index is -3.36. The van der Waals surface area contributed by atoms with Gasteiger partial charge in [0.25, 0.3) is 0 Å². The van der Waals surface area contributed by atoms with Crippen molar-refractivity contribution in [2.75, 3.05) is 28.6 Å². The molecule has 1 aromatic heterocycles. The van der Waals surface area contributed by atoms with Crippen molar-refractivity contribution in [3.63, 3.8) is 0 Å². The molecule has 0 aliphatic carbocycles. The van der Waals surface area contributed by atoms with Gasteiger partial charge in [0, 0.05) is 29.6 Å². The summed E-state index contributed by atoms with van der Waals surface area (Å²) in [6.07, 6.45) is 3.14. The highest BCUT2D eigenvalue weighted by atomic mass is 32.2. The quantitative estimate of drug-likeness (QED) is 0.651. The van der Waals surface area contributed by atoms with Gasteiger partial charge in [-0.25, -0.2) is 8.42 Å². The first-order valence-electron chi connectivity index (χ1n) is 6.34. The number of nitrogen functional groups attached to an aromatic ring is 1. The normalized spacial score (nSPS) is 11.3. The number of thioether (sulfide) groups is 1. The van der Waals surface area contributed by atoms with Gasteiger partial charge >= 0.3 is 0 Å². The van der Waals surface area contributed by atoms with Gasteiger partial charge in [-0.05, 0) is 24.3 Å². The summed E-state index contributed by atoms with van der Waals surface area (Å²) in [4.78, 5) is 4.83. The predicted molar refractivity (Wildman–Crippen MR) is 88.0 cm³/mol. The third-order valence-corrected chi connectivity index (χ3v) is 6.06. The Bertz CT molecular complexity index is 690. The molecule has 0 bridgehead atoms. The standard InChI is InChI=1S/C14H17N3O2S2/c1-17(12-5-4-8-16-11-12)21(18,19)10-9-20-14-7-3-2-6-13(14)15/h2-8,11H,9-10,15H2,1H3. The number of pyridine rings is 1. The van der Waals surface area contributed by atoms with E-state index in [2.05, 4.69) is 4.98 Å². The maximum absolute atomic E-state index is 12.3. The fourth-order valence-electron chi connectivity index (χ4n) is 1.71. The van der Waals surface area contributed by atoms with E-state index < -0.39 is 10.0 Å². The summed E-state index contributed by atoms with van der Waals surface area (Å²) in [6.45, 7) is 0. The lowest BCUT2D eigenvalue weighted by Crippen LogP contribution is -2.29. The molecule has 0 radical (unpaired) electrons. The molecule has 0 fully saturated rings. The highest BCUT2D eigenvalue weighted by Gasteiger charge is 2.18. The van der Waals surface area contributed by atoms with Gasteiger partial charge in [-0.2, -0.15) is 0 Å². The van der Waals surface area contributed by atoms with Crippen LogP contribution in [0, 0.1) is 0 Å². The molecule has 7 heteroatoms. The molecule has 0 saturated heterocycles. The maximum atomic E-state index is 12.3. The molecule has 0 aliphatic rings. The van der Waals surface area contributed by atoms with Gasteiger partial charge in [-0.3, -0.25) is 9.29 Å². The molecule has 2 N–H and O–H groups in total. The lowest BCUT2D eigenvalue weighted by molar-refractivity contribution is 0.596. The van der Waals surface area contributed by atoms with E-state index in [1.165, 1.54) is 29.3 Å². The second-order valence-corrected chi connectivity index (χ2v) is 7.64. The fourth-order valence-corrected chi connectivity index (χ4v) is 4.21. The van der Waals surface area contributed by atoms with E-state index in [9.17, 15) is 8.42 Å². The van der Waals surface area contributed by atoms with Crippen LogP contribution in [0.25, 0.3) is 0 Å². The van der Waals surface area contributed by atoms with Crippen LogP contribution in [0.1, 0.15) is 0 Å². The summed E-state index contributed by atoms with van der Waals surface area (Å²) in [5.74, 6) is 0.485. The van der Waals surface area contributed by atoms with E-state index in [-0.39, 0.29) is 5.75 Å². The number of benzene rings is 1.